The number of nitrogens with one attached hydrogen (secondary N) is 1. The molecule has 1 atom stereocenters. The van der Waals surface area contributed by atoms with Crippen LogP contribution in [0.1, 0.15) is 18.4 Å². The lowest BCUT2D eigenvalue weighted by atomic mass is 9.97. The number of benzene rings is 2. The first-order valence-electron chi connectivity index (χ1n) is 8.83. The predicted octanol–water partition coefficient (Wildman–Crippen LogP) is 2.40. The van der Waals surface area contributed by atoms with E-state index in [2.05, 4.69) is 16.3 Å². The Hall–Kier alpha value is -2.11. The molecule has 5 nitrogen and oxygen atoms in total. The van der Waals surface area contributed by atoms with Gasteiger partial charge in [0.25, 0.3) is 0 Å². The molecule has 1 amide bonds. The standard InChI is InChI=1S/C20H26N2O3/c1-15(20(23)21-7-8-22-9-11-25-12-10-22)16-3-4-18-14-19(24-2)6-5-17(18)13-16/h3-6,13-15H,7-12H2,1-2H3,(H,21,23)/t15-/m0/s1. The molecule has 134 valence electrons. The van der Waals surface area contributed by atoms with Crippen molar-refractivity contribution < 1.29 is 14.3 Å². The number of carbonyl (C=O) groups is 1. The van der Waals surface area contributed by atoms with Gasteiger partial charge in [-0.2, -0.15) is 0 Å². The van der Waals surface area contributed by atoms with E-state index in [4.69, 9.17) is 9.47 Å². The summed E-state index contributed by atoms with van der Waals surface area (Å²) in [7, 11) is 1.67. The Morgan fingerprint density at radius 1 is 1.20 bits per heavy atom. The maximum Gasteiger partial charge on any atom is 0.227 e. The molecule has 0 spiro atoms. The number of hydrogen-bond acceptors (Lipinski definition) is 4. The minimum absolute atomic E-state index is 0.0705. The van der Waals surface area contributed by atoms with Crippen LogP contribution in [0.2, 0.25) is 0 Å². The summed E-state index contributed by atoms with van der Waals surface area (Å²) in [5, 5.41) is 5.28. The first-order chi connectivity index (χ1) is 12.2. The highest BCUT2D eigenvalue weighted by Crippen LogP contribution is 2.25. The van der Waals surface area contributed by atoms with Crippen molar-refractivity contribution in [3.8, 4) is 5.75 Å². The first-order valence-corrected chi connectivity index (χ1v) is 8.83. The number of carbonyl (C=O) groups excluding carboxylic acids is 1. The third kappa shape index (κ3) is 4.50. The van der Waals surface area contributed by atoms with Crippen LogP contribution < -0.4 is 10.1 Å². The van der Waals surface area contributed by atoms with Crippen LogP contribution in [0.4, 0.5) is 0 Å². The van der Waals surface area contributed by atoms with E-state index in [9.17, 15) is 4.79 Å². The fourth-order valence-electron chi connectivity index (χ4n) is 3.11. The van der Waals surface area contributed by atoms with Crippen molar-refractivity contribution in [1.82, 2.24) is 10.2 Å². The van der Waals surface area contributed by atoms with Crippen LogP contribution >= 0.6 is 0 Å². The van der Waals surface area contributed by atoms with E-state index < -0.39 is 0 Å². The zero-order chi connectivity index (χ0) is 17.6. The quantitative estimate of drug-likeness (QED) is 0.876. The Bertz CT molecular complexity index is 726. The average Bonchev–Trinajstić information content (AvgIpc) is 2.67. The molecule has 5 heteroatoms. The zero-order valence-electron chi connectivity index (χ0n) is 15.0. The van der Waals surface area contributed by atoms with Gasteiger partial charge in [0.2, 0.25) is 5.91 Å². The van der Waals surface area contributed by atoms with Crippen molar-refractivity contribution in [2.75, 3.05) is 46.5 Å². The molecule has 0 unspecified atom stereocenters. The Kier molecular flexibility index (Phi) is 5.89. The van der Waals surface area contributed by atoms with Crippen molar-refractivity contribution in [2.45, 2.75) is 12.8 Å². The van der Waals surface area contributed by atoms with Gasteiger partial charge in [0.05, 0.1) is 26.2 Å². The van der Waals surface area contributed by atoms with E-state index >= 15 is 0 Å². The van der Waals surface area contributed by atoms with Gasteiger partial charge < -0.3 is 14.8 Å². The molecule has 0 bridgehead atoms. The maximum atomic E-state index is 12.4. The van der Waals surface area contributed by atoms with Crippen LogP contribution in [0, 0.1) is 0 Å². The first kappa shape index (κ1) is 17.7. The third-order valence-electron chi connectivity index (χ3n) is 4.80. The van der Waals surface area contributed by atoms with Crippen LogP contribution in [0.25, 0.3) is 10.8 Å². The minimum Gasteiger partial charge on any atom is -0.497 e. The lowest BCUT2D eigenvalue weighted by molar-refractivity contribution is -0.122. The molecule has 25 heavy (non-hydrogen) atoms. The Morgan fingerprint density at radius 3 is 2.68 bits per heavy atom. The van der Waals surface area contributed by atoms with Gasteiger partial charge in [0.15, 0.2) is 0 Å². The number of hydrogen-bond donors (Lipinski definition) is 1. The molecule has 3 rings (SSSR count). The van der Waals surface area contributed by atoms with Gasteiger partial charge in [-0.3, -0.25) is 9.69 Å². The minimum atomic E-state index is -0.170. The highest BCUT2D eigenvalue weighted by atomic mass is 16.5. The summed E-state index contributed by atoms with van der Waals surface area (Å²) in [6, 6.07) is 12.1. The molecule has 0 radical (unpaired) electrons. The summed E-state index contributed by atoms with van der Waals surface area (Å²) in [5.74, 6) is 0.742. The number of morpholine rings is 1. The molecule has 2 aromatic carbocycles. The largest absolute Gasteiger partial charge is 0.497 e. The van der Waals surface area contributed by atoms with Gasteiger partial charge in [-0.05, 0) is 35.4 Å². The Morgan fingerprint density at radius 2 is 1.92 bits per heavy atom. The lowest BCUT2D eigenvalue weighted by Gasteiger charge is -2.26. The highest BCUT2D eigenvalue weighted by molar-refractivity contribution is 5.88. The number of ether oxygens (including phenoxy) is 2. The molecule has 1 aliphatic heterocycles. The summed E-state index contributed by atoms with van der Waals surface area (Å²) in [4.78, 5) is 14.8. The second kappa shape index (κ2) is 8.32. The third-order valence-corrected chi connectivity index (χ3v) is 4.80. The fraction of sp³-hybridized carbons (Fsp3) is 0.450. The van der Waals surface area contributed by atoms with E-state index in [0.717, 1.165) is 54.9 Å². The number of rotatable bonds is 6. The van der Waals surface area contributed by atoms with Crippen LogP contribution in [0.15, 0.2) is 36.4 Å². The highest BCUT2D eigenvalue weighted by Gasteiger charge is 2.16. The van der Waals surface area contributed by atoms with E-state index in [1.807, 2.05) is 37.3 Å². The molecule has 1 saturated heterocycles. The van der Waals surface area contributed by atoms with Crippen molar-refractivity contribution in [3.05, 3.63) is 42.0 Å². The molecule has 0 aliphatic carbocycles. The number of amides is 1. The molecule has 0 saturated carbocycles. The number of nitrogens with zero attached hydrogens (tertiary/aromatic N) is 1. The van der Waals surface area contributed by atoms with Crippen molar-refractivity contribution >= 4 is 16.7 Å². The van der Waals surface area contributed by atoms with Gasteiger partial charge in [-0.15, -0.1) is 0 Å². The zero-order valence-corrected chi connectivity index (χ0v) is 15.0. The van der Waals surface area contributed by atoms with Crippen molar-refractivity contribution in [2.24, 2.45) is 0 Å². The molecule has 1 aliphatic rings. The summed E-state index contributed by atoms with van der Waals surface area (Å²) in [5.41, 5.74) is 1.03. The topological polar surface area (TPSA) is 50.8 Å². The van der Waals surface area contributed by atoms with Gasteiger partial charge in [-0.1, -0.05) is 24.3 Å². The van der Waals surface area contributed by atoms with E-state index in [1.54, 1.807) is 7.11 Å². The SMILES string of the molecule is COc1ccc2cc([C@H](C)C(=O)NCCN3CCOCC3)ccc2c1. The maximum absolute atomic E-state index is 12.4. The van der Waals surface area contributed by atoms with Crippen LogP contribution in [0.3, 0.4) is 0 Å². The van der Waals surface area contributed by atoms with E-state index in [0.29, 0.717) is 6.54 Å². The molecular weight excluding hydrogens is 316 g/mol. The van der Waals surface area contributed by atoms with Crippen molar-refractivity contribution in [3.63, 3.8) is 0 Å². The van der Waals surface area contributed by atoms with Crippen LogP contribution in [-0.2, 0) is 9.53 Å². The van der Waals surface area contributed by atoms with Gasteiger partial charge in [-0.25, -0.2) is 0 Å². The van der Waals surface area contributed by atoms with Crippen molar-refractivity contribution in [1.29, 1.82) is 0 Å². The molecule has 2 aromatic rings. The molecule has 1 N–H and O–H groups in total. The number of fused-ring (bicyclic) bond motifs is 1. The average molecular weight is 342 g/mol. The summed E-state index contributed by atoms with van der Waals surface area (Å²) in [6.07, 6.45) is 0. The van der Waals surface area contributed by atoms with Gasteiger partial charge in [0, 0.05) is 26.2 Å². The van der Waals surface area contributed by atoms with Gasteiger partial charge in [0.1, 0.15) is 5.75 Å². The second-order valence-electron chi connectivity index (χ2n) is 6.44. The van der Waals surface area contributed by atoms with Crippen LogP contribution in [-0.4, -0.2) is 57.3 Å². The second-order valence-corrected chi connectivity index (χ2v) is 6.44. The summed E-state index contributed by atoms with van der Waals surface area (Å²) in [6.45, 7) is 6.96. The van der Waals surface area contributed by atoms with E-state index in [-0.39, 0.29) is 11.8 Å². The Balaban J connectivity index is 1.58. The predicted molar refractivity (Wildman–Crippen MR) is 99.2 cm³/mol. The monoisotopic (exact) mass is 342 g/mol. The molecular formula is C20H26N2O3. The summed E-state index contributed by atoms with van der Waals surface area (Å²) < 4.78 is 10.6. The molecule has 0 aromatic heterocycles. The fourth-order valence-corrected chi connectivity index (χ4v) is 3.11. The molecule has 1 heterocycles. The molecule has 1 fully saturated rings. The lowest BCUT2D eigenvalue weighted by Crippen LogP contribution is -2.42. The number of methoxy groups -OCH3 is 1. The smallest absolute Gasteiger partial charge is 0.227 e. The Labute approximate surface area is 148 Å². The normalized spacial score (nSPS) is 16.6. The van der Waals surface area contributed by atoms with Crippen LogP contribution in [0.5, 0.6) is 5.75 Å². The summed E-state index contributed by atoms with van der Waals surface area (Å²) >= 11 is 0. The van der Waals surface area contributed by atoms with Gasteiger partial charge >= 0.3 is 0 Å². The van der Waals surface area contributed by atoms with E-state index in [1.165, 1.54) is 0 Å².